The third-order valence-corrected chi connectivity index (χ3v) is 5.85. The minimum atomic E-state index is -3.33. The number of hydrogen-bond donors (Lipinski definition) is 1. The average Bonchev–Trinajstić information content (AvgIpc) is 2.82. The molecule has 1 unspecified atom stereocenters. The minimum absolute atomic E-state index is 0.110. The largest absolute Gasteiger partial charge is 0.485 e. The Morgan fingerprint density at radius 3 is 2.66 bits per heavy atom. The molecule has 0 fully saturated rings. The number of rotatable bonds is 2. The molecular formula is C24H18F2N4O2. The number of amidine groups is 1. The molecule has 0 bridgehead atoms. The summed E-state index contributed by atoms with van der Waals surface area (Å²) in [5.74, 6) is -3.02. The summed E-state index contributed by atoms with van der Waals surface area (Å²) in [6.07, 6.45) is 2.26. The van der Waals surface area contributed by atoms with Crippen LogP contribution in [-0.2, 0) is 10.3 Å². The highest BCUT2D eigenvalue weighted by Gasteiger charge is 2.62. The number of benzene rings is 2. The molecule has 3 aromatic rings. The van der Waals surface area contributed by atoms with Gasteiger partial charge in [-0.05, 0) is 29.3 Å². The van der Waals surface area contributed by atoms with E-state index in [0.29, 0.717) is 22.4 Å². The zero-order valence-electron chi connectivity index (χ0n) is 16.8. The van der Waals surface area contributed by atoms with Crippen LogP contribution in [0, 0.1) is 11.3 Å². The smallest absolute Gasteiger partial charge is 0.310 e. The van der Waals surface area contributed by atoms with Gasteiger partial charge >= 0.3 is 5.92 Å². The molecule has 2 aromatic carbocycles. The van der Waals surface area contributed by atoms with Gasteiger partial charge in [0.15, 0.2) is 12.1 Å². The molecule has 2 aliphatic heterocycles. The second-order valence-corrected chi connectivity index (χ2v) is 7.81. The molecule has 3 heterocycles. The number of aliphatic imine (C=N–C) groups is 1. The minimum Gasteiger partial charge on any atom is -0.485 e. The van der Waals surface area contributed by atoms with Gasteiger partial charge in [0, 0.05) is 29.9 Å². The fourth-order valence-electron chi connectivity index (χ4n) is 4.26. The fraction of sp³-hybridized carbons (Fsp3) is 0.208. The Balaban J connectivity index is 1.70. The van der Waals surface area contributed by atoms with Crippen LogP contribution in [0.3, 0.4) is 0 Å². The molecule has 1 spiro atoms. The van der Waals surface area contributed by atoms with Gasteiger partial charge in [-0.25, -0.2) is 4.99 Å². The fourth-order valence-corrected chi connectivity index (χ4v) is 4.26. The molecule has 8 heteroatoms. The van der Waals surface area contributed by atoms with Crippen LogP contribution in [0.15, 0.2) is 72.0 Å². The van der Waals surface area contributed by atoms with Crippen LogP contribution < -0.4 is 10.5 Å². The van der Waals surface area contributed by atoms with E-state index in [0.717, 1.165) is 5.56 Å². The monoisotopic (exact) mass is 432 g/mol. The van der Waals surface area contributed by atoms with Crippen molar-refractivity contribution in [3.05, 3.63) is 83.7 Å². The van der Waals surface area contributed by atoms with E-state index in [2.05, 4.69) is 9.98 Å². The quantitative estimate of drug-likeness (QED) is 0.651. The molecule has 6 nitrogen and oxygen atoms in total. The maximum atomic E-state index is 15.5. The molecule has 160 valence electrons. The number of hydrogen-bond acceptors (Lipinski definition) is 6. The van der Waals surface area contributed by atoms with Crippen LogP contribution in [0.25, 0.3) is 11.1 Å². The molecule has 1 aromatic heterocycles. The predicted molar refractivity (Wildman–Crippen MR) is 113 cm³/mol. The number of alkyl halides is 2. The molecular weight excluding hydrogens is 414 g/mol. The van der Waals surface area contributed by atoms with Crippen molar-refractivity contribution in [2.75, 3.05) is 6.61 Å². The standard InChI is InChI=1S/C24H18F2N4O2/c25-24(26)14-31-22(28)30-23(24)10-21(16-4-2-1-3-5-16)32-20-7-6-17(9-19(20)23)18-8-15(11-27)12-29-13-18/h1-9,12-13,21H,10,14H2,(H2,28,30)/t21?,23-/m1/s1. The third kappa shape index (κ3) is 3.14. The van der Waals surface area contributed by atoms with Crippen molar-refractivity contribution >= 4 is 6.02 Å². The van der Waals surface area contributed by atoms with Crippen LogP contribution in [0.5, 0.6) is 5.75 Å². The maximum Gasteiger partial charge on any atom is 0.310 e. The Morgan fingerprint density at radius 1 is 1.06 bits per heavy atom. The highest BCUT2D eigenvalue weighted by molar-refractivity contribution is 5.74. The van der Waals surface area contributed by atoms with Gasteiger partial charge in [-0.15, -0.1) is 0 Å². The second-order valence-electron chi connectivity index (χ2n) is 7.81. The van der Waals surface area contributed by atoms with Gasteiger partial charge in [0.05, 0.1) is 5.56 Å². The van der Waals surface area contributed by atoms with Crippen molar-refractivity contribution in [3.8, 4) is 22.9 Å². The zero-order valence-corrected chi connectivity index (χ0v) is 16.8. The van der Waals surface area contributed by atoms with Crippen molar-refractivity contribution in [3.63, 3.8) is 0 Å². The molecule has 32 heavy (non-hydrogen) atoms. The lowest BCUT2D eigenvalue weighted by Crippen LogP contribution is -2.55. The molecule has 0 radical (unpaired) electrons. The Labute approximate surface area is 182 Å². The maximum absolute atomic E-state index is 15.5. The van der Waals surface area contributed by atoms with Gasteiger partial charge < -0.3 is 15.2 Å². The number of nitrogens with two attached hydrogens (primary N) is 1. The van der Waals surface area contributed by atoms with E-state index in [1.807, 2.05) is 36.4 Å². The number of nitrogens with zero attached hydrogens (tertiary/aromatic N) is 3. The van der Waals surface area contributed by atoms with E-state index in [1.165, 1.54) is 6.20 Å². The molecule has 5 rings (SSSR count). The van der Waals surface area contributed by atoms with Crippen LogP contribution in [0.2, 0.25) is 0 Å². The van der Waals surface area contributed by atoms with Gasteiger partial charge in [-0.2, -0.15) is 14.0 Å². The first kappa shape index (κ1) is 19.9. The molecule has 0 aliphatic carbocycles. The number of aromatic nitrogens is 1. The Bertz CT molecular complexity index is 1260. The second kappa shape index (κ2) is 7.31. The van der Waals surface area contributed by atoms with E-state index in [4.69, 9.17) is 15.2 Å². The van der Waals surface area contributed by atoms with Gasteiger partial charge in [0.1, 0.15) is 17.9 Å². The van der Waals surface area contributed by atoms with Crippen molar-refractivity contribution < 1.29 is 18.3 Å². The first-order valence-corrected chi connectivity index (χ1v) is 9.99. The summed E-state index contributed by atoms with van der Waals surface area (Å²) in [6, 6.07) is 17.6. The van der Waals surface area contributed by atoms with E-state index < -0.39 is 24.2 Å². The van der Waals surface area contributed by atoms with Crippen LogP contribution in [0.4, 0.5) is 8.78 Å². The summed E-state index contributed by atoms with van der Waals surface area (Å²) in [7, 11) is 0. The molecule has 0 amide bonds. The van der Waals surface area contributed by atoms with E-state index >= 15 is 8.78 Å². The summed E-state index contributed by atoms with van der Waals surface area (Å²) in [5, 5.41) is 9.18. The van der Waals surface area contributed by atoms with Crippen molar-refractivity contribution in [2.45, 2.75) is 24.0 Å². The van der Waals surface area contributed by atoms with Gasteiger partial charge in [0.2, 0.25) is 0 Å². The van der Waals surface area contributed by atoms with Gasteiger partial charge in [-0.1, -0.05) is 36.4 Å². The van der Waals surface area contributed by atoms with E-state index in [-0.39, 0.29) is 18.0 Å². The number of nitriles is 1. The SMILES string of the molecule is N#Cc1cncc(-c2ccc3c(c2)[C@@]2(CC(c4ccccc4)O3)N=C(N)OCC2(F)F)c1. The van der Waals surface area contributed by atoms with Crippen molar-refractivity contribution in [1.82, 2.24) is 4.98 Å². The zero-order chi connectivity index (χ0) is 22.3. The molecule has 2 aliphatic rings. The Kier molecular flexibility index (Phi) is 4.55. The highest BCUT2D eigenvalue weighted by Crippen LogP contribution is 2.56. The van der Waals surface area contributed by atoms with Gasteiger partial charge in [0.25, 0.3) is 6.02 Å². The van der Waals surface area contributed by atoms with Crippen LogP contribution in [0.1, 0.15) is 29.2 Å². The third-order valence-electron chi connectivity index (χ3n) is 5.85. The molecule has 2 atom stereocenters. The highest BCUT2D eigenvalue weighted by atomic mass is 19.3. The van der Waals surface area contributed by atoms with E-state index in [1.54, 1.807) is 30.5 Å². The summed E-state index contributed by atoms with van der Waals surface area (Å²) < 4.78 is 42.2. The first-order chi connectivity index (χ1) is 15.4. The Hall–Kier alpha value is -3.99. The van der Waals surface area contributed by atoms with Crippen molar-refractivity contribution in [2.24, 2.45) is 10.7 Å². The lowest BCUT2D eigenvalue weighted by molar-refractivity contribution is -0.139. The van der Waals surface area contributed by atoms with E-state index in [9.17, 15) is 5.26 Å². The lowest BCUT2D eigenvalue weighted by Gasteiger charge is -2.45. The summed E-state index contributed by atoms with van der Waals surface area (Å²) >= 11 is 0. The van der Waals surface area contributed by atoms with Crippen molar-refractivity contribution in [1.29, 1.82) is 5.26 Å². The summed E-state index contributed by atoms with van der Waals surface area (Å²) in [5.41, 5.74) is 6.44. The van der Waals surface area contributed by atoms with Gasteiger partial charge in [-0.3, -0.25) is 4.98 Å². The summed E-state index contributed by atoms with van der Waals surface area (Å²) in [6.45, 7) is -0.876. The molecule has 0 saturated heterocycles. The van der Waals surface area contributed by atoms with Crippen LogP contribution >= 0.6 is 0 Å². The Morgan fingerprint density at radius 2 is 1.88 bits per heavy atom. The number of ether oxygens (including phenoxy) is 2. The molecule has 2 N–H and O–H groups in total. The summed E-state index contributed by atoms with van der Waals surface area (Å²) in [4.78, 5) is 8.26. The average molecular weight is 432 g/mol. The number of fused-ring (bicyclic) bond motifs is 2. The lowest BCUT2D eigenvalue weighted by atomic mass is 9.75. The topological polar surface area (TPSA) is 93.5 Å². The first-order valence-electron chi connectivity index (χ1n) is 9.99. The number of halogens is 2. The van der Waals surface area contributed by atoms with Crippen LogP contribution in [-0.4, -0.2) is 23.5 Å². The predicted octanol–water partition coefficient (Wildman–Crippen LogP) is 4.32. The molecule has 0 saturated carbocycles. The number of pyridine rings is 1. The normalized spacial score (nSPS) is 23.3.